The van der Waals surface area contributed by atoms with E-state index in [-0.39, 0.29) is 0 Å². The summed E-state index contributed by atoms with van der Waals surface area (Å²) in [4.78, 5) is 4.35. The molecule has 0 amide bonds. The Hall–Kier alpha value is -1.35. The maximum Gasteiger partial charge on any atom is 0.0958 e. The summed E-state index contributed by atoms with van der Waals surface area (Å²) in [6.45, 7) is 5.71. The number of nitrogens with two attached hydrogens (primary N) is 1. The molecule has 2 aromatic rings. The van der Waals surface area contributed by atoms with Crippen LogP contribution in [0.3, 0.4) is 0 Å². The van der Waals surface area contributed by atoms with Gasteiger partial charge in [-0.05, 0) is 37.1 Å². The van der Waals surface area contributed by atoms with Gasteiger partial charge in [0.25, 0.3) is 0 Å². The first-order chi connectivity index (χ1) is 6.72. The van der Waals surface area contributed by atoms with Gasteiger partial charge in [-0.2, -0.15) is 0 Å². The molecule has 1 aromatic heterocycles. The molecule has 0 bridgehead atoms. The average Bonchev–Trinajstić information content (AvgIpc) is 2.51. The summed E-state index contributed by atoms with van der Waals surface area (Å²) in [5.74, 6) is 0. The predicted molar refractivity (Wildman–Crippen MR) is 58.3 cm³/mol. The minimum atomic E-state index is 0.651. The molecule has 2 N–H and O–H groups in total. The Balaban J connectivity index is 2.61. The Morgan fingerprint density at radius 2 is 2.00 bits per heavy atom. The highest BCUT2D eigenvalue weighted by atomic mass is 15.0. The topological polar surface area (TPSA) is 43.8 Å². The van der Waals surface area contributed by atoms with Crippen LogP contribution in [0.1, 0.15) is 11.1 Å². The van der Waals surface area contributed by atoms with Crippen molar-refractivity contribution < 1.29 is 0 Å². The molecule has 0 fully saturated rings. The molecule has 74 valence electrons. The number of aryl methyl sites for hydroxylation is 2. The van der Waals surface area contributed by atoms with Gasteiger partial charge in [0.1, 0.15) is 0 Å². The van der Waals surface area contributed by atoms with Crippen LogP contribution in [0.4, 0.5) is 0 Å². The quantitative estimate of drug-likeness (QED) is 0.780. The van der Waals surface area contributed by atoms with Crippen molar-refractivity contribution in [2.24, 2.45) is 5.73 Å². The van der Waals surface area contributed by atoms with Crippen LogP contribution in [-0.4, -0.2) is 16.1 Å². The first kappa shape index (κ1) is 9.21. The fourth-order valence-corrected chi connectivity index (χ4v) is 1.63. The molecule has 2 rings (SSSR count). The second kappa shape index (κ2) is 3.42. The molecule has 1 aromatic carbocycles. The molecule has 0 saturated heterocycles. The number of imidazole rings is 1. The second-order valence-electron chi connectivity index (χ2n) is 3.65. The van der Waals surface area contributed by atoms with Crippen LogP contribution in [0.25, 0.3) is 11.0 Å². The molecule has 0 aliphatic heterocycles. The molecule has 1 heterocycles. The maximum atomic E-state index is 5.53. The number of fused-ring (bicyclic) bond motifs is 1. The fraction of sp³-hybridized carbons (Fsp3) is 0.364. The highest BCUT2D eigenvalue weighted by Gasteiger charge is 2.03. The molecule has 0 spiro atoms. The first-order valence-corrected chi connectivity index (χ1v) is 4.84. The van der Waals surface area contributed by atoms with Gasteiger partial charge in [-0.1, -0.05) is 0 Å². The smallest absolute Gasteiger partial charge is 0.0958 e. The summed E-state index contributed by atoms with van der Waals surface area (Å²) in [7, 11) is 0. The molecular weight excluding hydrogens is 174 g/mol. The molecule has 3 nitrogen and oxygen atoms in total. The zero-order valence-corrected chi connectivity index (χ0v) is 8.62. The van der Waals surface area contributed by atoms with Crippen LogP contribution in [0.2, 0.25) is 0 Å². The summed E-state index contributed by atoms with van der Waals surface area (Å²) < 4.78 is 2.10. The number of aromatic nitrogens is 2. The average molecular weight is 189 g/mol. The van der Waals surface area contributed by atoms with E-state index in [1.165, 1.54) is 16.6 Å². The van der Waals surface area contributed by atoms with Crippen molar-refractivity contribution in [2.75, 3.05) is 6.54 Å². The summed E-state index contributed by atoms with van der Waals surface area (Å²) >= 11 is 0. The van der Waals surface area contributed by atoms with Gasteiger partial charge >= 0.3 is 0 Å². The lowest BCUT2D eigenvalue weighted by Gasteiger charge is -2.03. The Morgan fingerprint density at radius 3 is 2.71 bits per heavy atom. The van der Waals surface area contributed by atoms with Crippen LogP contribution in [0.15, 0.2) is 18.5 Å². The third-order valence-corrected chi connectivity index (χ3v) is 2.61. The normalized spacial score (nSPS) is 11.1. The molecule has 0 unspecified atom stereocenters. The van der Waals surface area contributed by atoms with Gasteiger partial charge in [0.15, 0.2) is 0 Å². The number of hydrogen-bond acceptors (Lipinski definition) is 2. The van der Waals surface area contributed by atoms with E-state index < -0.39 is 0 Å². The molecule has 0 saturated carbocycles. The lowest BCUT2D eigenvalue weighted by molar-refractivity contribution is 0.728. The van der Waals surface area contributed by atoms with Crippen LogP contribution in [-0.2, 0) is 6.54 Å². The largest absolute Gasteiger partial charge is 0.329 e. The van der Waals surface area contributed by atoms with Gasteiger partial charge in [-0.25, -0.2) is 4.98 Å². The van der Waals surface area contributed by atoms with Crippen molar-refractivity contribution in [1.29, 1.82) is 0 Å². The highest BCUT2D eigenvalue weighted by Crippen LogP contribution is 2.17. The minimum Gasteiger partial charge on any atom is -0.329 e. The first-order valence-electron chi connectivity index (χ1n) is 4.84. The summed E-state index contributed by atoms with van der Waals surface area (Å²) in [5, 5.41) is 0. The molecule has 0 aliphatic carbocycles. The van der Waals surface area contributed by atoms with E-state index in [2.05, 4.69) is 35.5 Å². The van der Waals surface area contributed by atoms with E-state index in [4.69, 9.17) is 5.73 Å². The minimum absolute atomic E-state index is 0.651. The van der Waals surface area contributed by atoms with Crippen LogP contribution >= 0.6 is 0 Å². The van der Waals surface area contributed by atoms with Crippen LogP contribution < -0.4 is 5.73 Å². The maximum absolute atomic E-state index is 5.53. The standard InChI is InChI=1S/C11H15N3/c1-8-5-10-11(6-9(8)2)14(4-3-12)7-13-10/h5-7H,3-4,12H2,1-2H3. The van der Waals surface area contributed by atoms with Crippen molar-refractivity contribution in [3.05, 3.63) is 29.6 Å². The number of hydrogen-bond donors (Lipinski definition) is 1. The SMILES string of the molecule is Cc1cc2ncn(CCN)c2cc1C. The monoisotopic (exact) mass is 189 g/mol. The molecular formula is C11H15N3. The third-order valence-electron chi connectivity index (χ3n) is 2.61. The van der Waals surface area contributed by atoms with Gasteiger partial charge < -0.3 is 10.3 Å². The zero-order valence-electron chi connectivity index (χ0n) is 8.62. The Morgan fingerprint density at radius 1 is 1.29 bits per heavy atom. The zero-order chi connectivity index (χ0) is 10.1. The number of benzene rings is 1. The highest BCUT2D eigenvalue weighted by molar-refractivity contribution is 5.77. The van der Waals surface area contributed by atoms with E-state index in [1.54, 1.807) is 0 Å². The summed E-state index contributed by atoms with van der Waals surface area (Å²) in [5.41, 5.74) is 10.4. The van der Waals surface area contributed by atoms with Crippen LogP contribution in [0.5, 0.6) is 0 Å². The van der Waals surface area contributed by atoms with Crippen LogP contribution in [0, 0.1) is 13.8 Å². The van der Waals surface area contributed by atoms with Gasteiger partial charge in [0.05, 0.1) is 17.4 Å². The molecule has 0 radical (unpaired) electrons. The summed E-state index contributed by atoms with van der Waals surface area (Å²) in [6, 6.07) is 4.30. The second-order valence-corrected chi connectivity index (χ2v) is 3.65. The van der Waals surface area contributed by atoms with Gasteiger partial charge in [-0.3, -0.25) is 0 Å². The Kier molecular flexibility index (Phi) is 2.25. The van der Waals surface area contributed by atoms with Crippen molar-refractivity contribution in [2.45, 2.75) is 20.4 Å². The summed E-state index contributed by atoms with van der Waals surface area (Å²) in [6.07, 6.45) is 1.86. The van der Waals surface area contributed by atoms with E-state index in [0.717, 1.165) is 12.1 Å². The Labute approximate surface area is 83.6 Å². The number of nitrogens with zero attached hydrogens (tertiary/aromatic N) is 2. The molecule has 14 heavy (non-hydrogen) atoms. The predicted octanol–water partition coefficient (Wildman–Crippen LogP) is 1.61. The van der Waals surface area contributed by atoms with E-state index in [0.29, 0.717) is 6.54 Å². The van der Waals surface area contributed by atoms with Gasteiger partial charge in [-0.15, -0.1) is 0 Å². The van der Waals surface area contributed by atoms with E-state index in [1.807, 2.05) is 6.33 Å². The van der Waals surface area contributed by atoms with Crippen molar-refractivity contribution in [1.82, 2.24) is 9.55 Å². The van der Waals surface area contributed by atoms with Crippen molar-refractivity contribution in [3.8, 4) is 0 Å². The number of rotatable bonds is 2. The van der Waals surface area contributed by atoms with E-state index in [9.17, 15) is 0 Å². The fourth-order valence-electron chi connectivity index (χ4n) is 1.63. The molecule has 3 heteroatoms. The van der Waals surface area contributed by atoms with Gasteiger partial charge in [0, 0.05) is 13.1 Å². The van der Waals surface area contributed by atoms with E-state index >= 15 is 0 Å². The molecule has 0 aliphatic rings. The lowest BCUT2D eigenvalue weighted by Crippen LogP contribution is -2.08. The van der Waals surface area contributed by atoms with Crippen molar-refractivity contribution in [3.63, 3.8) is 0 Å². The van der Waals surface area contributed by atoms with Crippen molar-refractivity contribution >= 4 is 11.0 Å². The lowest BCUT2D eigenvalue weighted by atomic mass is 10.1. The van der Waals surface area contributed by atoms with Gasteiger partial charge in [0.2, 0.25) is 0 Å². The Bertz CT molecular complexity index is 457. The third kappa shape index (κ3) is 1.40. The molecule has 0 atom stereocenters.